The lowest BCUT2D eigenvalue weighted by Crippen LogP contribution is -2.33. The quantitative estimate of drug-likeness (QED) is 0.633. The fourth-order valence-electron chi connectivity index (χ4n) is 2.15. The molecule has 0 saturated carbocycles. The zero-order valence-corrected chi connectivity index (χ0v) is 12.0. The average Bonchev–Trinajstić information content (AvgIpc) is 2.71. The monoisotopic (exact) mass is 291 g/mol. The first-order chi connectivity index (χ1) is 10.1. The number of aliphatic hydroxyl groups excluding tert-OH is 1. The molecule has 0 fully saturated rings. The van der Waals surface area contributed by atoms with Gasteiger partial charge in [0.25, 0.3) is 11.8 Å². The second kappa shape index (κ2) is 6.41. The third-order valence-corrected chi connectivity index (χ3v) is 3.25. The maximum atomic E-state index is 12.3. The first-order valence-electron chi connectivity index (χ1n) is 6.53. The van der Waals surface area contributed by atoms with Crippen LogP contribution in [0.4, 0.5) is 0 Å². The van der Waals surface area contributed by atoms with Gasteiger partial charge >= 0.3 is 0 Å². The van der Waals surface area contributed by atoms with Crippen molar-refractivity contribution in [3.05, 3.63) is 35.6 Å². The highest BCUT2D eigenvalue weighted by Crippen LogP contribution is 2.29. The molecule has 0 bridgehead atoms. The second-order valence-electron chi connectivity index (χ2n) is 4.56. The summed E-state index contributed by atoms with van der Waals surface area (Å²) in [6.45, 7) is 0.658. The summed E-state index contributed by atoms with van der Waals surface area (Å²) in [5, 5.41) is 9.94. The van der Waals surface area contributed by atoms with Crippen LogP contribution in [0.1, 0.15) is 12.0 Å². The largest absolute Gasteiger partial charge is 0.502 e. The molecule has 1 N–H and O–H groups in total. The number of aliphatic hydroxyl groups is 1. The number of amides is 2. The van der Waals surface area contributed by atoms with Gasteiger partial charge in [-0.15, -0.1) is 0 Å². The van der Waals surface area contributed by atoms with Crippen molar-refractivity contribution >= 4 is 17.4 Å². The summed E-state index contributed by atoms with van der Waals surface area (Å²) in [5.74, 6) is -1.03. The Hall–Kier alpha value is -2.34. The fourth-order valence-corrected chi connectivity index (χ4v) is 2.15. The molecular weight excluding hydrogens is 274 g/mol. The van der Waals surface area contributed by atoms with Gasteiger partial charge in [0.1, 0.15) is 5.75 Å². The van der Waals surface area contributed by atoms with E-state index in [0.717, 1.165) is 4.90 Å². The molecule has 0 unspecified atom stereocenters. The maximum absolute atomic E-state index is 12.3. The first-order valence-corrected chi connectivity index (χ1v) is 6.53. The number of hydrogen-bond donors (Lipinski definition) is 1. The van der Waals surface area contributed by atoms with Crippen molar-refractivity contribution in [1.29, 1.82) is 0 Å². The summed E-state index contributed by atoms with van der Waals surface area (Å²) in [7, 11) is 3.08. The predicted octanol–water partition coefficient (Wildman–Crippen LogP) is 1.37. The molecule has 2 rings (SSSR count). The molecule has 2 amide bonds. The van der Waals surface area contributed by atoms with E-state index in [0.29, 0.717) is 24.3 Å². The molecule has 1 aliphatic rings. The van der Waals surface area contributed by atoms with Crippen LogP contribution in [-0.2, 0) is 14.3 Å². The van der Waals surface area contributed by atoms with Gasteiger partial charge in [0.05, 0.1) is 12.7 Å². The van der Waals surface area contributed by atoms with E-state index in [1.54, 1.807) is 31.4 Å². The van der Waals surface area contributed by atoms with Crippen LogP contribution in [0.15, 0.2) is 30.0 Å². The maximum Gasteiger partial charge on any atom is 0.296 e. The number of rotatable bonds is 6. The van der Waals surface area contributed by atoms with Gasteiger partial charge in [-0.05, 0) is 24.1 Å². The Morgan fingerprint density at radius 2 is 1.76 bits per heavy atom. The normalized spacial score (nSPS) is 15.0. The molecular formula is C15H17NO5. The van der Waals surface area contributed by atoms with Crippen molar-refractivity contribution in [1.82, 2.24) is 4.90 Å². The Morgan fingerprint density at radius 3 is 2.33 bits per heavy atom. The van der Waals surface area contributed by atoms with Crippen LogP contribution in [-0.4, -0.2) is 49.2 Å². The van der Waals surface area contributed by atoms with Crippen molar-refractivity contribution in [3.8, 4) is 5.75 Å². The predicted molar refractivity (Wildman–Crippen MR) is 75.8 cm³/mol. The number of carbonyl (C=O) groups is 2. The van der Waals surface area contributed by atoms with Gasteiger partial charge in [0, 0.05) is 20.3 Å². The van der Waals surface area contributed by atoms with Gasteiger partial charge in [0.15, 0.2) is 5.76 Å². The Kier molecular flexibility index (Phi) is 4.59. The number of imide groups is 1. The van der Waals surface area contributed by atoms with Gasteiger partial charge < -0.3 is 14.6 Å². The molecule has 112 valence electrons. The molecule has 0 saturated heterocycles. The lowest BCUT2D eigenvalue weighted by atomic mass is 10.1. The van der Waals surface area contributed by atoms with Crippen LogP contribution in [0.3, 0.4) is 0 Å². The van der Waals surface area contributed by atoms with Crippen LogP contribution < -0.4 is 4.74 Å². The summed E-state index contributed by atoms with van der Waals surface area (Å²) in [6, 6.07) is 6.60. The smallest absolute Gasteiger partial charge is 0.296 e. The van der Waals surface area contributed by atoms with Crippen molar-refractivity contribution < 1.29 is 24.2 Å². The van der Waals surface area contributed by atoms with Crippen molar-refractivity contribution in [3.63, 3.8) is 0 Å². The van der Waals surface area contributed by atoms with Crippen LogP contribution in [0.25, 0.3) is 5.57 Å². The molecule has 0 atom stereocenters. The summed E-state index contributed by atoms with van der Waals surface area (Å²) in [4.78, 5) is 25.3. The highest BCUT2D eigenvalue weighted by molar-refractivity contribution is 6.34. The van der Waals surface area contributed by atoms with Gasteiger partial charge in [-0.3, -0.25) is 14.5 Å². The molecule has 0 aromatic heterocycles. The van der Waals surface area contributed by atoms with Gasteiger partial charge in [-0.1, -0.05) is 12.1 Å². The SMILES string of the molecule is COCCCN1C(=O)C(O)=C(c2ccc(OC)cc2)C1=O. The highest BCUT2D eigenvalue weighted by atomic mass is 16.5. The third kappa shape index (κ3) is 2.90. The lowest BCUT2D eigenvalue weighted by Gasteiger charge is -2.13. The van der Waals surface area contributed by atoms with E-state index in [2.05, 4.69) is 0 Å². The number of nitrogens with zero attached hydrogens (tertiary/aromatic N) is 1. The van der Waals surface area contributed by atoms with Crippen molar-refractivity contribution in [2.45, 2.75) is 6.42 Å². The van der Waals surface area contributed by atoms with E-state index in [9.17, 15) is 14.7 Å². The van der Waals surface area contributed by atoms with E-state index >= 15 is 0 Å². The minimum Gasteiger partial charge on any atom is -0.502 e. The van der Waals surface area contributed by atoms with Crippen LogP contribution in [0, 0.1) is 0 Å². The van der Waals surface area contributed by atoms with Gasteiger partial charge in [-0.25, -0.2) is 0 Å². The zero-order valence-electron chi connectivity index (χ0n) is 12.0. The summed E-state index contributed by atoms with van der Waals surface area (Å²) < 4.78 is 9.94. The number of hydrogen-bond acceptors (Lipinski definition) is 5. The third-order valence-electron chi connectivity index (χ3n) is 3.25. The molecule has 21 heavy (non-hydrogen) atoms. The molecule has 0 spiro atoms. The summed E-state index contributed by atoms with van der Waals surface area (Å²) >= 11 is 0. The highest BCUT2D eigenvalue weighted by Gasteiger charge is 2.38. The average molecular weight is 291 g/mol. The van der Waals surface area contributed by atoms with Crippen LogP contribution in [0.2, 0.25) is 0 Å². The molecule has 1 aliphatic heterocycles. The lowest BCUT2D eigenvalue weighted by molar-refractivity contribution is -0.138. The van der Waals surface area contributed by atoms with Gasteiger partial charge in [0.2, 0.25) is 0 Å². The Morgan fingerprint density at radius 1 is 1.10 bits per heavy atom. The van der Waals surface area contributed by atoms with Crippen molar-refractivity contribution in [2.24, 2.45) is 0 Å². The molecule has 1 heterocycles. The molecule has 1 aromatic rings. The minimum absolute atomic E-state index is 0.0278. The first kappa shape index (κ1) is 15.1. The second-order valence-corrected chi connectivity index (χ2v) is 4.56. The van der Waals surface area contributed by atoms with Crippen molar-refractivity contribution in [2.75, 3.05) is 27.4 Å². The summed E-state index contributed by atoms with van der Waals surface area (Å²) in [5.41, 5.74) is 0.515. The van der Waals surface area contributed by atoms with Crippen LogP contribution in [0.5, 0.6) is 5.75 Å². The molecule has 6 heteroatoms. The molecule has 0 radical (unpaired) electrons. The zero-order chi connectivity index (χ0) is 15.4. The molecule has 0 aliphatic carbocycles. The Bertz CT molecular complexity index is 576. The van der Waals surface area contributed by atoms with E-state index in [4.69, 9.17) is 9.47 Å². The van der Waals surface area contributed by atoms with E-state index in [-0.39, 0.29) is 12.1 Å². The Labute approximate surface area is 122 Å². The fraction of sp³-hybridized carbons (Fsp3) is 0.333. The standard InChI is InChI=1S/C15H17NO5/c1-20-9-3-8-16-14(18)12(13(17)15(16)19)10-4-6-11(21-2)7-5-10/h4-7,17H,3,8-9H2,1-2H3. The Balaban J connectivity index is 2.22. The topological polar surface area (TPSA) is 76.1 Å². The number of ether oxygens (including phenoxy) is 2. The number of benzene rings is 1. The number of carbonyl (C=O) groups excluding carboxylic acids is 2. The molecule has 6 nitrogen and oxygen atoms in total. The summed E-state index contributed by atoms with van der Waals surface area (Å²) in [6.07, 6.45) is 0.525. The van der Waals surface area contributed by atoms with E-state index in [1.165, 1.54) is 7.11 Å². The van der Waals surface area contributed by atoms with Crippen LogP contribution >= 0.6 is 0 Å². The van der Waals surface area contributed by atoms with E-state index < -0.39 is 17.6 Å². The number of methoxy groups -OCH3 is 2. The van der Waals surface area contributed by atoms with Gasteiger partial charge in [-0.2, -0.15) is 0 Å². The minimum atomic E-state index is -0.665. The molecule has 1 aromatic carbocycles. The van der Waals surface area contributed by atoms with E-state index in [1.807, 2.05) is 0 Å².